The van der Waals surface area contributed by atoms with E-state index in [2.05, 4.69) is 42.5 Å². The van der Waals surface area contributed by atoms with E-state index >= 15 is 0 Å². The number of nitrogens with zero attached hydrogens (tertiary/aromatic N) is 1. The fourth-order valence-electron chi connectivity index (χ4n) is 2.72. The van der Waals surface area contributed by atoms with Crippen LogP contribution in [-0.4, -0.2) is 37.7 Å². The lowest BCUT2D eigenvalue weighted by Crippen LogP contribution is -2.56. The van der Waals surface area contributed by atoms with Gasteiger partial charge in [0.25, 0.3) is 0 Å². The van der Waals surface area contributed by atoms with Crippen molar-refractivity contribution in [2.75, 3.05) is 27.2 Å². The van der Waals surface area contributed by atoms with Gasteiger partial charge in [0.05, 0.1) is 6.61 Å². The van der Waals surface area contributed by atoms with Crippen LogP contribution in [0.1, 0.15) is 31.7 Å². The van der Waals surface area contributed by atoms with Crippen molar-refractivity contribution < 1.29 is 4.74 Å². The summed E-state index contributed by atoms with van der Waals surface area (Å²) in [6.45, 7) is 4.72. The molecule has 0 unspecified atom stereocenters. The molecule has 19 heavy (non-hydrogen) atoms. The molecule has 0 bridgehead atoms. The molecule has 1 fully saturated rings. The lowest BCUT2D eigenvalue weighted by molar-refractivity contribution is 0.0598. The van der Waals surface area contributed by atoms with Gasteiger partial charge in [-0.3, -0.25) is 0 Å². The lowest BCUT2D eigenvalue weighted by atomic mass is 9.75. The SMILES string of the molecule is CCOc1cccc(CNCC2(N(C)C)CCC2)c1. The second-order valence-electron chi connectivity index (χ2n) is 5.66. The normalized spacial score (nSPS) is 17.3. The van der Waals surface area contributed by atoms with Crippen molar-refractivity contribution >= 4 is 0 Å². The molecule has 0 saturated heterocycles. The summed E-state index contributed by atoms with van der Waals surface area (Å²) in [5.74, 6) is 0.966. The molecule has 0 heterocycles. The van der Waals surface area contributed by atoms with Crippen molar-refractivity contribution in [2.24, 2.45) is 0 Å². The molecule has 0 spiro atoms. The largest absolute Gasteiger partial charge is 0.494 e. The summed E-state index contributed by atoms with van der Waals surface area (Å²) in [5.41, 5.74) is 1.68. The average molecular weight is 262 g/mol. The van der Waals surface area contributed by atoms with Crippen LogP contribution in [0.25, 0.3) is 0 Å². The van der Waals surface area contributed by atoms with E-state index in [0.717, 1.165) is 25.4 Å². The molecule has 0 amide bonds. The second-order valence-corrected chi connectivity index (χ2v) is 5.66. The Hall–Kier alpha value is -1.06. The highest BCUT2D eigenvalue weighted by Crippen LogP contribution is 2.35. The van der Waals surface area contributed by atoms with E-state index in [4.69, 9.17) is 4.74 Å². The number of rotatable bonds is 7. The molecule has 3 nitrogen and oxygen atoms in total. The van der Waals surface area contributed by atoms with Gasteiger partial charge in [0, 0.05) is 18.6 Å². The summed E-state index contributed by atoms with van der Waals surface area (Å²) in [7, 11) is 4.38. The molecule has 1 aliphatic rings. The van der Waals surface area contributed by atoms with E-state index in [9.17, 15) is 0 Å². The first-order chi connectivity index (χ1) is 9.16. The average Bonchev–Trinajstić information content (AvgIpc) is 2.33. The number of hydrogen-bond acceptors (Lipinski definition) is 3. The molecule has 0 radical (unpaired) electrons. The highest BCUT2D eigenvalue weighted by molar-refractivity contribution is 5.28. The van der Waals surface area contributed by atoms with Gasteiger partial charge in [0.15, 0.2) is 0 Å². The first-order valence-corrected chi connectivity index (χ1v) is 7.26. The second kappa shape index (κ2) is 6.40. The predicted octanol–water partition coefficient (Wildman–Crippen LogP) is 2.66. The third-order valence-electron chi connectivity index (χ3n) is 4.23. The Labute approximate surface area is 116 Å². The zero-order valence-corrected chi connectivity index (χ0v) is 12.4. The van der Waals surface area contributed by atoms with Crippen molar-refractivity contribution in [2.45, 2.75) is 38.3 Å². The topological polar surface area (TPSA) is 24.5 Å². The Morgan fingerprint density at radius 1 is 1.32 bits per heavy atom. The molecule has 0 aliphatic heterocycles. The molecule has 1 aromatic carbocycles. The molecule has 1 aliphatic carbocycles. The third-order valence-corrected chi connectivity index (χ3v) is 4.23. The number of nitrogens with one attached hydrogen (secondary N) is 1. The first-order valence-electron chi connectivity index (χ1n) is 7.26. The van der Waals surface area contributed by atoms with Gasteiger partial charge in [-0.1, -0.05) is 12.1 Å². The standard InChI is InChI=1S/C16H26N2O/c1-4-19-15-8-5-7-14(11-15)12-17-13-16(18(2)3)9-6-10-16/h5,7-8,11,17H,4,6,9-10,12-13H2,1-3H3. The van der Waals surface area contributed by atoms with Crippen molar-refractivity contribution in [1.29, 1.82) is 0 Å². The Kier molecular flexibility index (Phi) is 4.83. The summed E-state index contributed by atoms with van der Waals surface area (Å²) in [6.07, 6.45) is 3.98. The summed E-state index contributed by atoms with van der Waals surface area (Å²) < 4.78 is 5.53. The highest BCUT2D eigenvalue weighted by Gasteiger charge is 2.38. The van der Waals surface area contributed by atoms with Crippen LogP contribution in [0.4, 0.5) is 0 Å². The van der Waals surface area contributed by atoms with E-state index in [-0.39, 0.29) is 0 Å². The summed E-state index contributed by atoms with van der Waals surface area (Å²) in [6, 6.07) is 8.35. The van der Waals surface area contributed by atoms with Crippen LogP contribution in [0.3, 0.4) is 0 Å². The Bertz CT molecular complexity index is 399. The summed E-state index contributed by atoms with van der Waals surface area (Å²) in [4.78, 5) is 2.38. The van der Waals surface area contributed by atoms with E-state index in [1.54, 1.807) is 0 Å². The smallest absolute Gasteiger partial charge is 0.119 e. The van der Waals surface area contributed by atoms with Crippen LogP contribution in [0.15, 0.2) is 24.3 Å². The van der Waals surface area contributed by atoms with E-state index in [1.165, 1.54) is 24.8 Å². The third kappa shape index (κ3) is 3.48. The Morgan fingerprint density at radius 2 is 2.11 bits per heavy atom. The molecule has 3 heteroatoms. The fourth-order valence-corrected chi connectivity index (χ4v) is 2.72. The number of ether oxygens (including phenoxy) is 1. The van der Waals surface area contributed by atoms with Gasteiger partial charge in [-0.2, -0.15) is 0 Å². The van der Waals surface area contributed by atoms with Crippen LogP contribution < -0.4 is 10.1 Å². The number of benzene rings is 1. The molecule has 1 N–H and O–H groups in total. The number of hydrogen-bond donors (Lipinski definition) is 1. The number of likely N-dealkylation sites (N-methyl/N-ethyl adjacent to an activating group) is 1. The van der Waals surface area contributed by atoms with Crippen molar-refractivity contribution in [1.82, 2.24) is 10.2 Å². The first kappa shape index (κ1) is 14.4. The predicted molar refractivity (Wildman–Crippen MR) is 79.6 cm³/mol. The molecular weight excluding hydrogens is 236 g/mol. The van der Waals surface area contributed by atoms with Crippen LogP contribution >= 0.6 is 0 Å². The molecule has 106 valence electrons. The van der Waals surface area contributed by atoms with Crippen molar-refractivity contribution in [3.05, 3.63) is 29.8 Å². The van der Waals surface area contributed by atoms with Gasteiger partial charge in [-0.15, -0.1) is 0 Å². The molecule has 2 rings (SSSR count). The molecular formula is C16H26N2O. The molecule has 0 atom stereocenters. The minimum absolute atomic E-state index is 0.386. The maximum absolute atomic E-state index is 5.53. The summed E-state index contributed by atoms with van der Waals surface area (Å²) in [5, 5.41) is 3.60. The van der Waals surface area contributed by atoms with Gasteiger partial charge in [0.2, 0.25) is 0 Å². The minimum atomic E-state index is 0.386. The zero-order valence-electron chi connectivity index (χ0n) is 12.4. The Balaban J connectivity index is 1.83. The van der Waals surface area contributed by atoms with Gasteiger partial charge < -0.3 is 15.0 Å². The Morgan fingerprint density at radius 3 is 2.68 bits per heavy atom. The van der Waals surface area contributed by atoms with Gasteiger partial charge in [0.1, 0.15) is 5.75 Å². The molecule has 0 aromatic heterocycles. The van der Waals surface area contributed by atoms with Crippen molar-refractivity contribution in [3.8, 4) is 5.75 Å². The highest BCUT2D eigenvalue weighted by atomic mass is 16.5. The maximum atomic E-state index is 5.53. The molecule has 1 saturated carbocycles. The zero-order chi connectivity index (χ0) is 13.7. The lowest BCUT2D eigenvalue weighted by Gasteiger charge is -2.47. The molecule has 1 aromatic rings. The van der Waals surface area contributed by atoms with Crippen LogP contribution in [0, 0.1) is 0 Å². The van der Waals surface area contributed by atoms with Gasteiger partial charge in [-0.05, 0) is 58.0 Å². The van der Waals surface area contributed by atoms with E-state index in [1.807, 2.05) is 13.0 Å². The van der Waals surface area contributed by atoms with Gasteiger partial charge >= 0.3 is 0 Å². The maximum Gasteiger partial charge on any atom is 0.119 e. The van der Waals surface area contributed by atoms with Crippen LogP contribution in [-0.2, 0) is 6.54 Å². The summed E-state index contributed by atoms with van der Waals surface area (Å²) >= 11 is 0. The van der Waals surface area contributed by atoms with Crippen LogP contribution in [0.5, 0.6) is 5.75 Å². The quantitative estimate of drug-likeness (QED) is 0.817. The fraction of sp³-hybridized carbons (Fsp3) is 0.625. The van der Waals surface area contributed by atoms with E-state index in [0.29, 0.717) is 5.54 Å². The van der Waals surface area contributed by atoms with Crippen LogP contribution in [0.2, 0.25) is 0 Å². The monoisotopic (exact) mass is 262 g/mol. The van der Waals surface area contributed by atoms with Crippen molar-refractivity contribution in [3.63, 3.8) is 0 Å². The van der Waals surface area contributed by atoms with Gasteiger partial charge in [-0.25, -0.2) is 0 Å². The van der Waals surface area contributed by atoms with E-state index < -0.39 is 0 Å². The minimum Gasteiger partial charge on any atom is -0.494 e.